The smallest absolute Gasteiger partial charge is 0.127 e. The molecule has 3 heteroatoms. The second kappa shape index (κ2) is 6.61. The second-order valence-electron chi connectivity index (χ2n) is 3.97. The van der Waals surface area contributed by atoms with Crippen molar-refractivity contribution in [2.45, 2.75) is 32.7 Å². The molecule has 1 unspecified atom stereocenters. The van der Waals surface area contributed by atoms with Gasteiger partial charge in [-0.15, -0.1) is 0 Å². The normalized spacial score (nSPS) is 12.8. The van der Waals surface area contributed by atoms with Gasteiger partial charge in [0.05, 0.1) is 0 Å². The van der Waals surface area contributed by atoms with Crippen molar-refractivity contribution in [3.05, 3.63) is 35.1 Å². The third kappa shape index (κ3) is 3.91. The van der Waals surface area contributed by atoms with E-state index in [1.807, 2.05) is 19.9 Å². The number of nitrogens with two attached hydrogens (primary N) is 1. The van der Waals surface area contributed by atoms with Crippen molar-refractivity contribution in [1.29, 1.82) is 0 Å². The molecule has 0 aromatic heterocycles. The zero-order chi connectivity index (χ0) is 12.0. The van der Waals surface area contributed by atoms with Crippen LogP contribution in [0.3, 0.4) is 0 Å². The minimum atomic E-state index is -0.236. The molecule has 0 aliphatic heterocycles. The highest BCUT2D eigenvalue weighted by Crippen LogP contribution is 2.20. The Morgan fingerprint density at radius 3 is 2.88 bits per heavy atom. The van der Waals surface area contributed by atoms with E-state index in [2.05, 4.69) is 0 Å². The molecular formula is C13H20FNO. The van der Waals surface area contributed by atoms with Gasteiger partial charge < -0.3 is 10.5 Å². The van der Waals surface area contributed by atoms with Crippen LogP contribution in [0.2, 0.25) is 0 Å². The van der Waals surface area contributed by atoms with E-state index in [0.717, 1.165) is 18.4 Å². The van der Waals surface area contributed by atoms with Crippen molar-refractivity contribution in [3.63, 3.8) is 0 Å². The number of hydrogen-bond donors (Lipinski definition) is 1. The van der Waals surface area contributed by atoms with E-state index in [0.29, 0.717) is 18.8 Å². The maximum atomic E-state index is 13.5. The molecule has 0 saturated heterocycles. The Bertz CT molecular complexity index is 328. The lowest BCUT2D eigenvalue weighted by Gasteiger charge is -2.13. The topological polar surface area (TPSA) is 35.2 Å². The SMILES string of the molecule is CCOCCCC(N)c1cc(C)ccc1F. The molecule has 0 aliphatic rings. The molecule has 0 bridgehead atoms. The molecule has 0 saturated carbocycles. The Kier molecular flexibility index (Phi) is 5.43. The van der Waals surface area contributed by atoms with Crippen LogP contribution >= 0.6 is 0 Å². The summed E-state index contributed by atoms with van der Waals surface area (Å²) in [6.45, 7) is 5.31. The van der Waals surface area contributed by atoms with Crippen LogP contribution in [0.4, 0.5) is 4.39 Å². The molecule has 0 amide bonds. The van der Waals surface area contributed by atoms with Crippen molar-refractivity contribution in [1.82, 2.24) is 0 Å². The maximum Gasteiger partial charge on any atom is 0.127 e. The third-order valence-electron chi connectivity index (χ3n) is 2.56. The maximum absolute atomic E-state index is 13.5. The van der Waals surface area contributed by atoms with Gasteiger partial charge in [-0.05, 0) is 32.8 Å². The summed E-state index contributed by atoms with van der Waals surface area (Å²) in [5, 5.41) is 0. The van der Waals surface area contributed by atoms with Gasteiger partial charge in [-0.25, -0.2) is 4.39 Å². The highest BCUT2D eigenvalue weighted by molar-refractivity contribution is 5.26. The summed E-state index contributed by atoms with van der Waals surface area (Å²) >= 11 is 0. The average Bonchev–Trinajstić information content (AvgIpc) is 2.27. The standard InChI is InChI=1S/C13H20FNO/c1-3-16-8-4-5-13(15)11-9-10(2)6-7-12(11)14/h6-7,9,13H,3-5,8,15H2,1-2H3. The Hall–Kier alpha value is -0.930. The van der Waals surface area contributed by atoms with Gasteiger partial charge in [0.1, 0.15) is 5.82 Å². The van der Waals surface area contributed by atoms with Crippen LogP contribution in [-0.4, -0.2) is 13.2 Å². The van der Waals surface area contributed by atoms with Crippen molar-refractivity contribution in [2.75, 3.05) is 13.2 Å². The van der Waals surface area contributed by atoms with E-state index in [4.69, 9.17) is 10.5 Å². The fourth-order valence-corrected chi connectivity index (χ4v) is 1.65. The summed E-state index contributed by atoms with van der Waals surface area (Å²) in [6, 6.07) is 4.82. The molecule has 1 aromatic carbocycles. The van der Waals surface area contributed by atoms with E-state index < -0.39 is 0 Å². The Morgan fingerprint density at radius 1 is 1.44 bits per heavy atom. The van der Waals surface area contributed by atoms with Crippen LogP contribution in [0.25, 0.3) is 0 Å². The molecule has 1 atom stereocenters. The lowest BCUT2D eigenvalue weighted by atomic mass is 10.0. The number of ether oxygens (including phenoxy) is 1. The first-order valence-corrected chi connectivity index (χ1v) is 5.74. The lowest BCUT2D eigenvalue weighted by Crippen LogP contribution is -2.13. The quantitative estimate of drug-likeness (QED) is 0.755. The van der Waals surface area contributed by atoms with Crippen molar-refractivity contribution >= 4 is 0 Å². The largest absolute Gasteiger partial charge is 0.382 e. The number of aryl methyl sites for hydroxylation is 1. The van der Waals surface area contributed by atoms with Gasteiger partial charge in [-0.3, -0.25) is 0 Å². The van der Waals surface area contributed by atoms with Crippen molar-refractivity contribution < 1.29 is 9.13 Å². The van der Waals surface area contributed by atoms with Crippen LogP contribution in [0.5, 0.6) is 0 Å². The predicted molar refractivity (Wildman–Crippen MR) is 63.8 cm³/mol. The summed E-state index contributed by atoms with van der Waals surface area (Å²) in [5.74, 6) is -0.213. The van der Waals surface area contributed by atoms with Gasteiger partial charge in [0.2, 0.25) is 0 Å². The van der Waals surface area contributed by atoms with E-state index in [-0.39, 0.29) is 11.9 Å². The molecule has 0 heterocycles. The van der Waals surface area contributed by atoms with Gasteiger partial charge in [0, 0.05) is 24.8 Å². The number of rotatable bonds is 6. The average molecular weight is 225 g/mol. The first-order chi connectivity index (χ1) is 7.65. The van der Waals surface area contributed by atoms with Crippen LogP contribution in [-0.2, 0) is 4.74 Å². The molecule has 0 radical (unpaired) electrons. The van der Waals surface area contributed by atoms with Crippen molar-refractivity contribution in [2.24, 2.45) is 5.73 Å². The molecular weight excluding hydrogens is 205 g/mol. The summed E-state index contributed by atoms with van der Waals surface area (Å²) in [7, 11) is 0. The van der Waals surface area contributed by atoms with E-state index in [1.165, 1.54) is 6.07 Å². The third-order valence-corrected chi connectivity index (χ3v) is 2.56. The highest BCUT2D eigenvalue weighted by atomic mass is 19.1. The van der Waals surface area contributed by atoms with Gasteiger partial charge in [0.15, 0.2) is 0 Å². The number of halogens is 1. The Labute approximate surface area is 96.6 Å². The van der Waals surface area contributed by atoms with Gasteiger partial charge >= 0.3 is 0 Å². The van der Waals surface area contributed by atoms with E-state index in [1.54, 1.807) is 6.07 Å². The number of hydrogen-bond acceptors (Lipinski definition) is 2. The molecule has 90 valence electrons. The van der Waals surface area contributed by atoms with E-state index >= 15 is 0 Å². The molecule has 0 aliphatic carbocycles. The summed E-state index contributed by atoms with van der Waals surface area (Å²) < 4.78 is 18.7. The van der Waals surface area contributed by atoms with E-state index in [9.17, 15) is 4.39 Å². The summed E-state index contributed by atoms with van der Waals surface area (Å²) in [5.41, 5.74) is 7.60. The fourth-order valence-electron chi connectivity index (χ4n) is 1.65. The zero-order valence-corrected chi connectivity index (χ0v) is 10.0. The molecule has 0 fully saturated rings. The second-order valence-corrected chi connectivity index (χ2v) is 3.97. The van der Waals surface area contributed by atoms with Crippen LogP contribution in [0, 0.1) is 12.7 Å². The molecule has 0 spiro atoms. The van der Waals surface area contributed by atoms with Crippen LogP contribution in [0.15, 0.2) is 18.2 Å². The summed E-state index contributed by atoms with van der Waals surface area (Å²) in [4.78, 5) is 0. The highest BCUT2D eigenvalue weighted by Gasteiger charge is 2.11. The zero-order valence-electron chi connectivity index (χ0n) is 10.0. The Morgan fingerprint density at radius 2 is 2.19 bits per heavy atom. The molecule has 16 heavy (non-hydrogen) atoms. The fraction of sp³-hybridized carbons (Fsp3) is 0.538. The number of benzene rings is 1. The minimum Gasteiger partial charge on any atom is -0.382 e. The lowest BCUT2D eigenvalue weighted by molar-refractivity contribution is 0.142. The van der Waals surface area contributed by atoms with Gasteiger partial charge in [-0.1, -0.05) is 17.7 Å². The molecule has 2 N–H and O–H groups in total. The summed E-state index contributed by atoms with van der Waals surface area (Å²) in [6.07, 6.45) is 1.61. The predicted octanol–water partition coefficient (Wildman–Crippen LogP) is 2.95. The first kappa shape index (κ1) is 13.1. The minimum absolute atomic E-state index is 0.213. The van der Waals surface area contributed by atoms with Gasteiger partial charge in [0.25, 0.3) is 0 Å². The van der Waals surface area contributed by atoms with Gasteiger partial charge in [-0.2, -0.15) is 0 Å². The Balaban J connectivity index is 2.51. The van der Waals surface area contributed by atoms with Crippen LogP contribution in [0.1, 0.15) is 36.9 Å². The monoisotopic (exact) mass is 225 g/mol. The molecule has 1 rings (SSSR count). The molecule has 2 nitrogen and oxygen atoms in total. The van der Waals surface area contributed by atoms with Crippen LogP contribution < -0.4 is 5.73 Å². The van der Waals surface area contributed by atoms with Crippen molar-refractivity contribution in [3.8, 4) is 0 Å². The first-order valence-electron chi connectivity index (χ1n) is 5.74. The molecule has 1 aromatic rings.